The van der Waals surface area contributed by atoms with E-state index in [9.17, 15) is 4.79 Å². The average Bonchev–Trinajstić information content (AvgIpc) is 3.30. The van der Waals surface area contributed by atoms with E-state index in [-0.39, 0.29) is 0 Å². The quantitative estimate of drug-likeness (QED) is 0.612. The molecule has 0 radical (unpaired) electrons. The van der Waals surface area contributed by atoms with E-state index in [1.807, 2.05) is 35.7 Å². The third-order valence-electron chi connectivity index (χ3n) is 3.88. The number of fused-ring (bicyclic) bond motifs is 1. The monoisotopic (exact) mass is 350 g/mol. The summed E-state index contributed by atoms with van der Waals surface area (Å²) in [6, 6.07) is 14.8. The molecule has 0 saturated carbocycles. The van der Waals surface area contributed by atoms with Gasteiger partial charge in [0.1, 0.15) is 0 Å². The molecule has 3 heterocycles. The molecule has 2 N–H and O–H groups in total. The summed E-state index contributed by atoms with van der Waals surface area (Å²) in [4.78, 5) is 17.4. The molecule has 0 unspecified atom stereocenters. The number of carbonyl (C=O) groups is 1. The first-order chi connectivity index (χ1) is 12.2. The molecule has 0 aliphatic carbocycles. The van der Waals surface area contributed by atoms with Crippen LogP contribution in [-0.2, 0) is 0 Å². The number of hydrogen-bond acceptors (Lipinski definition) is 5. The number of thiophene rings is 1. The molecule has 1 amide bonds. The van der Waals surface area contributed by atoms with Gasteiger partial charge in [-0.3, -0.25) is 4.79 Å². The lowest BCUT2D eigenvalue weighted by Gasteiger charge is -2.05. The molecule has 0 atom stereocenters. The van der Waals surface area contributed by atoms with Crippen molar-refractivity contribution < 1.29 is 9.53 Å². The van der Waals surface area contributed by atoms with Crippen LogP contribution in [0.4, 0.5) is 0 Å². The van der Waals surface area contributed by atoms with Crippen LogP contribution in [0.25, 0.3) is 27.6 Å². The van der Waals surface area contributed by atoms with Crippen molar-refractivity contribution in [1.29, 1.82) is 0 Å². The molecule has 0 aliphatic heterocycles. The van der Waals surface area contributed by atoms with Crippen molar-refractivity contribution in [1.82, 2.24) is 14.6 Å². The summed E-state index contributed by atoms with van der Waals surface area (Å²) in [6.07, 6.45) is 0. The number of amides is 1. The molecule has 0 spiro atoms. The van der Waals surface area contributed by atoms with Gasteiger partial charge in [-0.25, -0.2) is 9.50 Å². The van der Waals surface area contributed by atoms with Gasteiger partial charge < -0.3 is 10.5 Å². The Kier molecular flexibility index (Phi) is 3.70. The lowest BCUT2D eigenvalue weighted by atomic mass is 10.1. The predicted octanol–water partition coefficient (Wildman–Crippen LogP) is 3.23. The second kappa shape index (κ2) is 6.03. The van der Waals surface area contributed by atoms with E-state index >= 15 is 0 Å². The first-order valence-electron chi connectivity index (χ1n) is 7.56. The maximum Gasteiger partial charge on any atom is 0.249 e. The Labute approximate surface area is 147 Å². The number of nitrogens with zero attached hydrogens (tertiary/aromatic N) is 3. The van der Waals surface area contributed by atoms with E-state index in [2.05, 4.69) is 10.1 Å². The molecule has 1 aromatic carbocycles. The number of primary amides is 1. The van der Waals surface area contributed by atoms with Gasteiger partial charge in [0.15, 0.2) is 17.2 Å². The normalized spacial score (nSPS) is 10.9. The van der Waals surface area contributed by atoms with Crippen LogP contribution in [-0.4, -0.2) is 27.6 Å². The highest BCUT2D eigenvalue weighted by molar-refractivity contribution is 7.13. The molecule has 0 fully saturated rings. The van der Waals surface area contributed by atoms with Gasteiger partial charge in [-0.15, -0.1) is 16.4 Å². The predicted molar refractivity (Wildman–Crippen MR) is 96.8 cm³/mol. The van der Waals surface area contributed by atoms with Gasteiger partial charge in [0.25, 0.3) is 0 Å². The van der Waals surface area contributed by atoms with Crippen LogP contribution in [0.2, 0.25) is 0 Å². The zero-order valence-electron chi connectivity index (χ0n) is 13.3. The molecule has 4 rings (SSSR count). The minimum Gasteiger partial charge on any atom is -0.493 e. The van der Waals surface area contributed by atoms with Gasteiger partial charge >= 0.3 is 0 Å². The summed E-state index contributed by atoms with van der Waals surface area (Å²) in [7, 11) is 1.59. The smallest absolute Gasteiger partial charge is 0.249 e. The second-order valence-corrected chi connectivity index (χ2v) is 6.29. The van der Waals surface area contributed by atoms with Gasteiger partial charge in [-0.2, -0.15) is 0 Å². The fourth-order valence-electron chi connectivity index (χ4n) is 2.72. The molecular formula is C18H14N4O2S. The maximum absolute atomic E-state index is 11.7. The summed E-state index contributed by atoms with van der Waals surface area (Å²) >= 11 is 1.61. The molecule has 124 valence electrons. The van der Waals surface area contributed by atoms with E-state index in [0.29, 0.717) is 28.3 Å². The number of aromatic nitrogens is 3. The standard InChI is InChI=1S/C18H14N4O2S/c1-24-14-9-8-13(15-7-4-10-25-15)22-18(14)20-17(21-22)12-6-3-2-5-11(12)16(19)23/h2-10H,1H3,(H2,19,23). The van der Waals surface area contributed by atoms with Crippen molar-refractivity contribution in [2.45, 2.75) is 0 Å². The van der Waals surface area contributed by atoms with E-state index in [1.54, 1.807) is 41.2 Å². The number of carbonyl (C=O) groups excluding carboxylic acids is 1. The molecule has 0 aliphatic rings. The van der Waals surface area contributed by atoms with Crippen molar-refractivity contribution in [3.8, 4) is 27.7 Å². The molecule has 6 nitrogen and oxygen atoms in total. The third-order valence-corrected chi connectivity index (χ3v) is 4.77. The second-order valence-electron chi connectivity index (χ2n) is 5.34. The highest BCUT2D eigenvalue weighted by Gasteiger charge is 2.18. The molecule has 4 aromatic rings. The number of hydrogen-bond donors (Lipinski definition) is 1. The average molecular weight is 350 g/mol. The van der Waals surface area contributed by atoms with Crippen molar-refractivity contribution in [2.75, 3.05) is 7.11 Å². The van der Waals surface area contributed by atoms with Crippen molar-refractivity contribution in [3.05, 3.63) is 59.5 Å². The lowest BCUT2D eigenvalue weighted by Crippen LogP contribution is -2.12. The first kappa shape index (κ1) is 15.3. The zero-order valence-corrected chi connectivity index (χ0v) is 14.2. The number of rotatable bonds is 4. The summed E-state index contributed by atoms with van der Waals surface area (Å²) in [5, 5.41) is 6.62. The minimum atomic E-state index is -0.514. The molecular weight excluding hydrogens is 336 g/mol. The van der Waals surface area contributed by atoms with E-state index in [1.165, 1.54) is 0 Å². The molecule has 3 aromatic heterocycles. The topological polar surface area (TPSA) is 82.5 Å². The van der Waals surface area contributed by atoms with Crippen LogP contribution in [0, 0.1) is 0 Å². The molecule has 7 heteroatoms. The van der Waals surface area contributed by atoms with Crippen LogP contribution in [0.15, 0.2) is 53.9 Å². The number of benzene rings is 1. The summed E-state index contributed by atoms with van der Waals surface area (Å²) in [6.45, 7) is 0. The van der Waals surface area contributed by atoms with Gasteiger partial charge in [0.2, 0.25) is 5.91 Å². The highest BCUT2D eigenvalue weighted by atomic mass is 32.1. The fraction of sp³-hybridized carbons (Fsp3) is 0.0556. The number of methoxy groups -OCH3 is 1. The number of nitrogens with two attached hydrogens (primary N) is 1. The van der Waals surface area contributed by atoms with Crippen molar-refractivity contribution >= 4 is 22.9 Å². The van der Waals surface area contributed by atoms with E-state index < -0.39 is 5.91 Å². The minimum absolute atomic E-state index is 0.384. The number of pyridine rings is 1. The van der Waals surface area contributed by atoms with Gasteiger partial charge in [-0.1, -0.05) is 24.3 Å². The lowest BCUT2D eigenvalue weighted by molar-refractivity contribution is 0.100. The van der Waals surface area contributed by atoms with Crippen LogP contribution in [0.1, 0.15) is 10.4 Å². The molecule has 0 bridgehead atoms. The Morgan fingerprint density at radius 3 is 2.72 bits per heavy atom. The van der Waals surface area contributed by atoms with Crippen molar-refractivity contribution in [3.63, 3.8) is 0 Å². The van der Waals surface area contributed by atoms with Crippen molar-refractivity contribution in [2.24, 2.45) is 5.73 Å². The fourth-order valence-corrected chi connectivity index (χ4v) is 3.45. The summed E-state index contributed by atoms with van der Waals surface area (Å²) < 4.78 is 7.15. The highest BCUT2D eigenvalue weighted by Crippen LogP contribution is 2.31. The Balaban J connectivity index is 1.99. The van der Waals surface area contributed by atoms with Gasteiger partial charge in [-0.05, 0) is 29.6 Å². The van der Waals surface area contributed by atoms with Gasteiger partial charge in [0, 0.05) is 5.56 Å². The van der Waals surface area contributed by atoms with Gasteiger partial charge in [0.05, 0.1) is 23.2 Å². The Morgan fingerprint density at radius 1 is 1.16 bits per heavy atom. The largest absolute Gasteiger partial charge is 0.493 e. The van der Waals surface area contributed by atoms with Crippen LogP contribution in [0.5, 0.6) is 5.75 Å². The SMILES string of the molecule is COc1ccc(-c2cccs2)n2nc(-c3ccccc3C(N)=O)nc12. The van der Waals surface area contributed by atoms with E-state index in [0.717, 1.165) is 10.6 Å². The molecule has 0 saturated heterocycles. The maximum atomic E-state index is 11.7. The van der Waals surface area contributed by atoms with Crippen LogP contribution >= 0.6 is 11.3 Å². The van der Waals surface area contributed by atoms with Crippen LogP contribution in [0.3, 0.4) is 0 Å². The van der Waals surface area contributed by atoms with Crippen LogP contribution < -0.4 is 10.5 Å². The first-order valence-corrected chi connectivity index (χ1v) is 8.44. The Hall–Kier alpha value is -3.19. The van der Waals surface area contributed by atoms with E-state index in [4.69, 9.17) is 10.5 Å². The summed E-state index contributed by atoms with van der Waals surface area (Å²) in [5.41, 5.74) is 7.95. The summed E-state index contributed by atoms with van der Waals surface area (Å²) in [5.74, 6) is 0.521. The zero-order chi connectivity index (χ0) is 17.4. The Bertz CT molecular complexity index is 1070. The molecule has 25 heavy (non-hydrogen) atoms. The Morgan fingerprint density at radius 2 is 2.00 bits per heavy atom. The third kappa shape index (κ3) is 2.54. The number of ether oxygens (including phenoxy) is 1.